The van der Waals surface area contributed by atoms with E-state index in [0.717, 1.165) is 56.6 Å². The molecule has 28 heavy (non-hydrogen) atoms. The van der Waals surface area contributed by atoms with Crippen LogP contribution in [0, 0.1) is 0 Å². The summed E-state index contributed by atoms with van der Waals surface area (Å²) in [7, 11) is 1.64. The van der Waals surface area contributed by atoms with Gasteiger partial charge >= 0.3 is 0 Å². The number of amides is 2. The quantitative estimate of drug-likeness (QED) is 0.735. The molecule has 0 bridgehead atoms. The number of nitrogens with one attached hydrogen (secondary N) is 1. The van der Waals surface area contributed by atoms with Crippen molar-refractivity contribution in [3.05, 3.63) is 29.8 Å². The largest absolute Gasteiger partial charge is 0.496 e. The van der Waals surface area contributed by atoms with Gasteiger partial charge in [0.25, 0.3) is 0 Å². The summed E-state index contributed by atoms with van der Waals surface area (Å²) in [5, 5.41) is 3.07. The molecule has 3 N–H and O–H groups in total. The van der Waals surface area contributed by atoms with E-state index >= 15 is 0 Å². The average molecular weight is 389 g/mol. The third-order valence-electron chi connectivity index (χ3n) is 6.00. The molecule has 0 aromatic heterocycles. The molecule has 2 atom stereocenters. The van der Waals surface area contributed by atoms with Gasteiger partial charge in [0.15, 0.2) is 0 Å². The number of piperidine rings is 1. The Balaban J connectivity index is 1.47. The standard InChI is InChI=1S/C21H32N4O3/c1-15(17-6-3-4-8-19(17)28-2)23-20(26)14-24-12-9-16(10-13-24)25-11-5-7-18(25)21(22)27/h3-4,6,8,15-16,18H,5,7,9-14H2,1-2H3,(H2,22,27)(H,23,26)/t15-,18-/m1/s1. The van der Waals surface area contributed by atoms with E-state index < -0.39 is 0 Å². The normalized spacial score (nSPS) is 22.7. The van der Waals surface area contributed by atoms with Gasteiger partial charge in [-0.1, -0.05) is 18.2 Å². The molecule has 0 radical (unpaired) electrons. The highest BCUT2D eigenvalue weighted by Gasteiger charge is 2.35. The second-order valence-electron chi connectivity index (χ2n) is 7.84. The van der Waals surface area contributed by atoms with Crippen LogP contribution in [0.1, 0.15) is 44.2 Å². The van der Waals surface area contributed by atoms with Gasteiger partial charge in [-0.25, -0.2) is 0 Å². The Kier molecular flexibility index (Phi) is 6.91. The van der Waals surface area contributed by atoms with Crippen LogP contribution in [-0.4, -0.2) is 67.0 Å². The first kappa shape index (κ1) is 20.6. The fraction of sp³-hybridized carbons (Fsp3) is 0.619. The lowest BCUT2D eigenvalue weighted by Gasteiger charge is -2.38. The SMILES string of the molecule is COc1ccccc1[C@@H](C)NC(=O)CN1CCC(N2CCC[C@@H]2C(N)=O)CC1. The number of likely N-dealkylation sites (tertiary alicyclic amines) is 2. The van der Waals surface area contributed by atoms with Crippen molar-refractivity contribution in [1.82, 2.24) is 15.1 Å². The topological polar surface area (TPSA) is 87.9 Å². The second-order valence-corrected chi connectivity index (χ2v) is 7.84. The van der Waals surface area contributed by atoms with E-state index in [9.17, 15) is 9.59 Å². The maximum absolute atomic E-state index is 12.5. The fourth-order valence-corrected chi connectivity index (χ4v) is 4.53. The van der Waals surface area contributed by atoms with Crippen molar-refractivity contribution in [1.29, 1.82) is 0 Å². The number of nitrogens with zero attached hydrogens (tertiary/aromatic N) is 2. The van der Waals surface area contributed by atoms with E-state index in [1.807, 2.05) is 31.2 Å². The number of rotatable bonds is 7. The average Bonchev–Trinajstić information content (AvgIpc) is 3.18. The number of hydrogen-bond donors (Lipinski definition) is 2. The summed E-state index contributed by atoms with van der Waals surface area (Å²) in [6, 6.07) is 7.92. The number of methoxy groups -OCH3 is 1. The van der Waals surface area contributed by atoms with Crippen LogP contribution in [0.2, 0.25) is 0 Å². The van der Waals surface area contributed by atoms with Gasteiger partial charge < -0.3 is 15.8 Å². The lowest BCUT2D eigenvalue weighted by molar-refractivity contribution is -0.123. The predicted molar refractivity (Wildman–Crippen MR) is 108 cm³/mol. The first-order chi connectivity index (χ1) is 13.5. The fourth-order valence-electron chi connectivity index (χ4n) is 4.53. The van der Waals surface area contributed by atoms with Gasteiger partial charge in [-0.05, 0) is 45.2 Å². The Morgan fingerprint density at radius 2 is 1.93 bits per heavy atom. The van der Waals surface area contributed by atoms with Gasteiger partial charge in [0.2, 0.25) is 11.8 Å². The van der Waals surface area contributed by atoms with Crippen LogP contribution in [0.25, 0.3) is 0 Å². The monoisotopic (exact) mass is 388 g/mol. The van der Waals surface area contributed by atoms with Crippen LogP contribution >= 0.6 is 0 Å². The highest BCUT2D eigenvalue weighted by atomic mass is 16.5. The number of hydrogen-bond acceptors (Lipinski definition) is 5. The van der Waals surface area contributed by atoms with Crippen molar-refractivity contribution in [3.63, 3.8) is 0 Å². The molecule has 0 saturated carbocycles. The zero-order valence-corrected chi connectivity index (χ0v) is 16.9. The zero-order valence-electron chi connectivity index (χ0n) is 16.9. The van der Waals surface area contributed by atoms with Crippen LogP contribution in [0.15, 0.2) is 24.3 Å². The lowest BCUT2D eigenvalue weighted by atomic mass is 10.0. The van der Waals surface area contributed by atoms with Gasteiger partial charge in [0.1, 0.15) is 5.75 Å². The summed E-state index contributed by atoms with van der Waals surface area (Å²) >= 11 is 0. The Morgan fingerprint density at radius 3 is 2.61 bits per heavy atom. The van der Waals surface area contributed by atoms with E-state index in [4.69, 9.17) is 10.5 Å². The minimum Gasteiger partial charge on any atom is -0.496 e. The van der Waals surface area contributed by atoms with Crippen molar-refractivity contribution < 1.29 is 14.3 Å². The maximum atomic E-state index is 12.5. The van der Waals surface area contributed by atoms with Gasteiger partial charge in [0.05, 0.1) is 25.7 Å². The smallest absolute Gasteiger partial charge is 0.234 e. The maximum Gasteiger partial charge on any atom is 0.234 e. The van der Waals surface area contributed by atoms with Crippen LogP contribution in [0.4, 0.5) is 0 Å². The van der Waals surface area contributed by atoms with Gasteiger partial charge in [-0.15, -0.1) is 0 Å². The molecule has 1 aromatic rings. The van der Waals surface area contributed by atoms with E-state index in [2.05, 4.69) is 15.1 Å². The molecule has 0 spiro atoms. The highest BCUT2D eigenvalue weighted by Crippen LogP contribution is 2.26. The molecular weight excluding hydrogens is 356 g/mol. The number of carbonyl (C=O) groups is 2. The number of nitrogens with two attached hydrogens (primary N) is 1. The number of para-hydroxylation sites is 1. The van der Waals surface area contributed by atoms with Crippen molar-refractivity contribution in [2.75, 3.05) is 33.3 Å². The Labute approximate surface area is 167 Å². The number of ether oxygens (including phenoxy) is 1. The molecule has 2 aliphatic rings. The van der Waals surface area contributed by atoms with Gasteiger partial charge in [-0.3, -0.25) is 19.4 Å². The molecule has 2 amide bonds. The predicted octanol–water partition coefficient (Wildman–Crippen LogP) is 1.29. The van der Waals surface area contributed by atoms with Crippen molar-refractivity contribution >= 4 is 11.8 Å². The summed E-state index contributed by atoms with van der Waals surface area (Å²) in [5.41, 5.74) is 6.53. The van der Waals surface area contributed by atoms with Crippen molar-refractivity contribution in [3.8, 4) is 5.75 Å². The molecule has 2 heterocycles. The van der Waals surface area contributed by atoms with Gasteiger partial charge in [-0.2, -0.15) is 0 Å². The van der Waals surface area contributed by atoms with E-state index in [0.29, 0.717) is 12.6 Å². The molecule has 2 fully saturated rings. The Morgan fingerprint density at radius 1 is 1.21 bits per heavy atom. The van der Waals surface area contributed by atoms with Crippen molar-refractivity contribution in [2.24, 2.45) is 5.73 Å². The third kappa shape index (κ3) is 4.83. The molecule has 2 saturated heterocycles. The molecule has 2 aliphatic heterocycles. The molecule has 7 heteroatoms. The Bertz CT molecular complexity index is 688. The zero-order chi connectivity index (χ0) is 20.1. The molecule has 154 valence electrons. The van der Waals surface area contributed by atoms with Crippen LogP contribution in [-0.2, 0) is 9.59 Å². The van der Waals surface area contributed by atoms with Crippen LogP contribution in [0.5, 0.6) is 5.75 Å². The molecule has 3 rings (SSSR count). The Hall–Kier alpha value is -2.12. The lowest BCUT2D eigenvalue weighted by Crippen LogP contribution is -2.51. The number of primary amides is 1. The van der Waals surface area contributed by atoms with Gasteiger partial charge in [0, 0.05) is 24.7 Å². The third-order valence-corrected chi connectivity index (χ3v) is 6.00. The summed E-state index contributed by atoms with van der Waals surface area (Å²) in [6.45, 7) is 5.05. The number of benzene rings is 1. The summed E-state index contributed by atoms with van der Waals surface area (Å²) in [4.78, 5) is 28.6. The first-order valence-corrected chi connectivity index (χ1v) is 10.2. The molecule has 0 aliphatic carbocycles. The summed E-state index contributed by atoms with van der Waals surface area (Å²) in [6.07, 6.45) is 3.86. The number of carbonyl (C=O) groups excluding carboxylic acids is 2. The van der Waals surface area contributed by atoms with Crippen LogP contribution in [0.3, 0.4) is 0 Å². The van der Waals surface area contributed by atoms with Crippen LogP contribution < -0.4 is 15.8 Å². The minimum absolute atomic E-state index is 0.0213. The minimum atomic E-state index is -0.204. The van der Waals surface area contributed by atoms with E-state index in [1.54, 1.807) is 7.11 Å². The molecule has 7 nitrogen and oxygen atoms in total. The van der Waals surface area contributed by atoms with Crippen molar-refractivity contribution in [2.45, 2.75) is 50.7 Å². The summed E-state index contributed by atoms with van der Waals surface area (Å²) in [5.74, 6) is 0.600. The van der Waals surface area contributed by atoms with E-state index in [1.165, 1.54) is 0 Å². The molecule has 0 unspecified atom stereocenters. The second kappa shape index (κ2) is 9.39. The highest BCUT2D eigenvalue weighted by molar-refractivity contribution is 5.80. The summed E-state index contributed by atoms with van der Waals surface area (Å²) < 4.78 is 5.38. The molecule has 1 aromatic carbocycles. The first-order valence-electron chi connectivity index (χ1n) is 10.2. The van der Waals surface area contributed by atoms with E-state index in [-0.39, 0.29) is 23.9 Å². The molecular formula is C21H32N4O3.